The second-order valence-corrected chi connectivity index (χ2v) is 2.91. The van der Waals surface area contributed by atoms with Gasteiger partial charge in [0.25, 0.3) is 5.69 Å². The van der Waals surface area contributed by atoms with Gasteiger partial charge in [-0.05, 0) is 12.5 Å². The van der Waals surface area contributed by atoms with Gasteiger partial charge in [0.1, 0.15) is 5.75 Å². The summed E-state index contributed by atoms with van der Waals surface area (Å²) in [6.45, 7) is 0. The van der Waals surface area contributed by atoms with E-state index in [0.29, 0.717) is 24.2 Å². The molecule has 0 unspecified atom stereocenters. The van der Waals surface area contributed by atoms with Crippen molar-refractivity contribution in [2.45, 2.75) is 12.8 Å². The summed E-state index contributed by atoms with van der Waals surface area (Å²) in [5.41, 5.74) is 0.706. The Morgan fingerprint density at radius 3 is 2.87 bits per heavy atom. The molecule has 0 aliphatic heterocycles. The largest absolute Gasteiger partial charge is 0.496 e. The van der Waals surface area contributed by atoms with Crippen molar-refractivity contribution >= 4 is 5.69 Å². The van der Waals surface area contributed by atoms with Crippen LogP contribution in [0.1, 0.15) is 12.0 Å². The Bertz CT molecular complexity index is 410. The fraction of sp³-hybridized carbons (Fsp3) is 0.300. The van der Waals surface area contributed by atoms with Gasteiger partial charge in [0.2, 0.25) is 0 Å². The molecular weight excluding hydrogens is 196 g/mol. The van der Waals surface area contributed by atoms with Crippen molar-refractivity contribution in [3.8, 4) is 11.8 Å². The third kappa shape index (κ3) is 2.68. The molecule has 5 nitrogen and oxygen atoms in total. The van der Waals surface area contributed by atoms with E-state index >= 15 is 0 Å². The number of aryl methyl sites for hydroxylation is 1. The monoisotopic (exact) mass is 206 g/mol. The Kier molecular flexibility index (Phi) is 3.63. The van der Waals surface area contributed by atoms with Gasteiger partial charge in [0.05, 0.1) is 18.1 Å². The standard InChI is InChI=1S/C10H10N2O3/c1-15-10-5-4-9(12(13)14)7-8(10)3-2-6-11/h4-5,7H,2-3H2,1H3. The van der Waals surface area contributed by atoms with E-state index in [1.54, 1.807) is 6.07 Å². The number of non-ortho nitro benzene ring substituents is 1. The molecule has 0 spiro atoms. The van der Waals surface area contributed by atoms with Crippen molar-refractivity contribution in [2.75, 3.05) is 7.11 Å². The Balaban J connectivity index is 3.03. The number of nitriles is 1. The van der Waals surface area contributed by atoms with Crippen LogP contribution in [0.5, 0.6) is 5.75 Å². The second-order valence-electron chi connectivity index (χ2n) is 2.91. The molecule has 0 N–H and O–H groups in total. The van der Waals surface area contributed by atoms with Crippen LogP contribution in [0, 0.1) is 21.4 Å². The molecule has 0 heterocycles. The summed E-state index contributed by atoms with van der Waals surface area (Å²) in [5, 5.41) is 19.0. The molecular formula is C10H10N2O3. The molecule has 1 aromatic carbocycles. The van der Waals surface area contributed by atoms with Crippen LogP contribution in [-0.2, 0) is 6.42 Å². The number of nitro groups is 1. The number of ether oxygens (including phenoxy) is 1. The van der Waals surface area contributed by atoms with Crippen molar-refractivity contribution in [2.24, 2.45) is 0 Å². The molecule has 1 aromatic rings. The van der Waals surface area contributed by atoms with E-state index in [2.05, 4.69) is 0 Å². The molecule has 0 bridgehead atoms. The SMILES string of the molecule is COc1ccc([N+](=O)[O-])cc1CCC#N. The normalized spacial score (nSPS) is 9.33. The average Bonchev–Trinajstić information content (AvgIpc) is 2.25. The van der Waals surface area contributed by atoms with Crippen molar-refractivity contribution in [3.63, 3.8) is 0 Å². The minimum atomic E-state index is -0.463. The number of nitrogens with zero attached hydrogens (tertiary/aromatic N) is 2. The van der Waals surface area contributed by atoms with Gasteiger partial charge in [-0.15, -0.1) is 0 Å². The van der Waals surface area contributed by atoms with Crippen LogP contribution in [0.4, 0.5) is 5.69 Å². The summed E-state index contributed by atoms with van der Waals surface area (Å²) in [6, 6.07) is 6.36. The summed E-state index contributed by atoms with van der Waals surface area (Å²) in [6.07, 6.45) is 0.777. The maximum absolute atomic E-state index is 10.5. The molecule has 1 rings (SSSR count). The summed E-state index contributed by atoms with van der Waals surface area (Å²) < 4.78 is 5.05. The van der Waals surface area contributed by atoms with Crippen LogP contribution in [0.3, 0.4) is 0 Å². The first-order valence-electron chi connectivity index (χ1n) is 4.37. The van der Waals surface area contributed by atoms with Crippen LogP contribution in [0.15, 0.2) is 18.2 Å². The number of rotatable bonds is 4. The molecule has 0 amide bonds. The van der Waals surface area contributed by atoms with Crippen LogP contribution in [-0.4, -0.2) is 12.0 Å². The summed E-state index contributed by atoms with van der Waals surface area (Å²) in [5.74, 6) is 0.579. The molecule has 0 saturated heterocycles. The topological polar surface area (TPSA) is 76.2 Å². The quantitative estimate of drug-likeness (QED) is 0.558. The molecule has 0 fully saturated rings. The van der Waals surface area contributed by atoms with Gasteiger partial charge in [-0.2, -0.15) is 5.26 Å². The summed E-state index contributed by atoms with van der Waals surface area (Å²) in [4.78, 5) is 10.1. The highest BCUT2D eigenvalue weighted by Crippen LogP contribution is 2.24. The van der Waals surface area contributed by atoms with Gasteiger partial charge in [0, 0.05) is 24.1 Å². The van der Waals surface area contributed by atoms with Gasteiger partial charge in [0.15, 0.2) is 0 Å². The van der Waals surface area contributed by atoms with E-state index in [0.717, 1.165) is 0 Å². The van der Waals surface area contributed by atoms with Crippen molar-refractivity contribution in [1.82, 2.24) is 0 Å². The predicted octanol–water partition coefficient (Wildman–Crippen LogP) is 2.06. The Morgan fingerprint density at radius 1 is 1.60 bits per heavy atom. The summed E-state index contributed by atoms with van der Waals surface area (Å²) >= 11 is 0. The molecule has 78 valence electrons. The number of benzene rings is 1. The molecule has 0 aromatic heterocycles. The van der Waals surface area contributed by atoms with Crippen LogP contribution >= 0.6 is 0 Å². The van der Waals surface area contributed by atoms with E-state index in [9.17, 15) is 10.1 Å². The first-order chi connectivity index (χ1) is 7.19. The highest BCUT2D eigenvalue weighted by molar-refractivity contribution is 5.44. The lowest BCUT2D eigenvalue weighted by Crippen LogP contribution is -1.95. The molecule has 0 saturated carbocycles. The van der Waals surface area contributed by atoms with Gasteiger partial charge in [-0.25, -0.2) is 0 Å². The molecule has 0 aliphatic rings. The van der Waals surface area contributed by atoms with E-state index in [1.165, 1.54) is 19.2 Å². The third-order valence-electron chi connectivity index (χ3n) is 1.98. The van der Waals surface area contributed by atoms with Gasteiger partial charge in [-0.3, -0.25) is 10.1 Å². The number of hydrogen-bond donors (Lipinski definition) is 0. The van der Waals surface area contributed by atoms with Crippen LogP contribution < -0.4 is 4.74 Å². The van der Waals surface area contributed by atoms with Gasteiger partial charge in [-0.1, -0.05) is 0 Å². The minimum absolute atomic E-state index is 0.0174. The maximum Gasteiger partial charge on any atom is 0.269 e. The first kappa shape index (κ1) is 11.0. The Labute approximate surface area is 87.1 Å². The fourth-order valence-corrected chi connectivity index (χ4v) is 1.26. The highest BCUT2D eigenvalue weighted by Gasteiger charge is 2.10. The van der Waals surface area contributed by atoms with Crippen LogP contribution in [0.2, 0.25) is 0 Å². The second kappa shape index (κ2) is 4.96. The Morgan fingerprint density at radius 2 is 2.33 bits per heavy atom. The lowest BCUT2D eigenvalue weighted by atomic mass is 10.1. The van der Waals surface area contributed by atoms with E-state index < -0.39 is 4.92 Å². The number of hydrogen-bond acceptors (Lipinski definition) is 4. The number of nitro benzene ring substituents is 1. The molecule has 5 heteroatoms. The van der Waals surface area contributed by atoms with Gasteiger partial charge >= 0.3 is 0 Å². The Hall–Kier alpha value is -2.09. The zero-order valence-electron chi connectivity index (χ0n) is 8.27. The van der Waals surface area contributed by atoms with E-state index in [4.69, 9.17) is 10.00 Å². The third-order valence-corrected chi connectivity index (χ3v) is 1.98. The minimum Gasteiger partial charge on any atom is -0.496 e. The molecule has 0 aliphatic carbocycles. The maximum atomic E-state index is 10.5. The van der Waals surface area contributed by atoms with Crippen LogP contribution in [0.25, 0.3) is 0 Å². The lowest BCUT2D eigenvalue weighted by Gasteiger charge is -2.05. The van der Waals surface area contributed by atoms with E-state index in [1.807, 2.05) is 6.07 Å². The highest BCUT2D eigenvalue weighted by atomic mass is 16.6. The lowest BCUT2D eigenvalue weighted by molar-refractivity contribution is -0.384. The van der Waals surface area contributed by atoms with Crippen molar-refractivity contribution in [1.29, 1.82) is 5.26 Å². The molecule has 0 atom stereocenters. The van der Waals surface area contributed by atoms with E-state index in [-0.39, 0.29) is 5.69 Å². The number of methoxy groups -OCH3 is 1. The first-order valence-corrected chi connectivity index (χ1v) is 4.37. The summed E-state index contributed by atoms with van der Waals surface area (Å²) in [7, 11) is 1.50. The zero-order valence-corrected chi connectivity index (χ0v) is 8.27. The smallest absolute Gasteiger partial charge is 0.269 e. The van der Waals surface area contributed by atoms with Crippen molar-refractivity contribution < 1.29 is 9.66 Å². The average molecular weight is 206 g/mol. The fourth-order valence-electron chi connectivity index (χ4n) is 1.26. The predicted molar refractivity (Wildman–Crippen MR) is 53.6 cm³/mol. The van der Waals surface area contributed by atoms with Crippen molar-refractivity contribution in [3.05, 3.63) is 33.9 Å². The zero-order chi connectivity index (χ0) is 11.3. The molecule has 15 heavy (non-hydrogen) atoms. The molecule has 0 radical (unpaired) electrons. The van der Waals surface area contributed by atoms with Gasteiger partial charge < -0.3 is 4.74 Å².